The van der Waals surface area contributed by atoms with E-state index in [1.54, 1.807) is 6.92 Å². The molecule has 0 aliphatic carbocycles. The fraction of sp³-hybridized carbons (Fsp3) is 0.474. The number of hydrogen-bond acceptors (Lipinski definition) is 3. The topological polar surface area (TPSA) is 68.3 Å². The Kier molecular flexibility index (Phi) is 4.71. The fourth-order valence-corrected chi connectivity index (χ4v) is 3.87. The minimum absolute atomic E-state index is 0.226. The Labute approximate surface area is 142 Å². The molecule has 2 heterocycles. The highest BCUT2D eigenvalue weighted by Gasteiger charge is 2.26. The monoisotopic (exact) mass is 327 g/mol. The number of nitrogens with two attached hydrogens (primary N) is 1. The first kappa shape index (κ1) is 16.7. The highest BCUT2D eigenvalue weighted by molar-refractivity contribution is 6.06. The first-order chi connectivity index (χ1) is 11.5. The second-order valence-electron chi connectivity index (χ2n) is 6.89. The lowest BCUT2D eigenvalue weighted by Crippen LogP contribution is -2.38. The fourth-order valence-electron chi connectivity index (χ4n) is 3.87. The molecule has 1 fully saturated rings. The molecule has 1 aromatic heterocycles. The van der Waals surface area contributed by atoms with E-state index in [9.17, 15) is 9.59 Å². The van der Waals surface area contributed by atoms with Gasteiger partial charge in [-0.3, -0.25) is 14.5 Å². The zero-order chi connectivity index (χ0) is 17.3. The molecule has 3 rings (SSSR count). The van der Waals surface area contributed by atoms with Crippen LogP contribution in [0.1, 0.15) is 43.1 Å². The SMILES string of the molecule is CC(=O)CN1CCC(C(C)n2cc(C(N)=O)c3ccccc32)CC1. The number of amides is 1. The molecule has 1 unspecified atom stereocenters. The van der Waals surface area contributed by atoms with Gasteiger partial charge >= 0.3 is 0 Å². The number of primary amides is 1. The Morgan fingerprint density at radius 2 is 1.92 bits per heavy atom. The lowest BCUT2D eigenvalue weighted by molar-refractivity contribution is -0.118. The number of aromatic nitrogens is 1. The van der Waals surface area contributed by atoms with Crippen LogP contribution in [0.3, 0.4) is 0 Å². The van der Waals surface area contributed by atoms with Crippen LogP contribution in [-0.4, -0.2) is 40.8 Å². The quantitative estimate of drug-likeness (QED) is 0.918. The summed E-state index contributed by atoms with van der Waals surface area (Å²) in [6, 6.07) is 8.22. The van der Waals surface area contributed by atoms with Crippen molar-refractivity contribution in [2.75, 3.05) is 19.6 Å². The van der Waals surface area contributed by atoms with E-state index >= 15 is 0 Å². The molecule has 1 aliphatic heterocycles. The largest absolute Gasteiger partial charge is 0.366 e. The summed E-state index contributed by atoms with van der Waals surface area (Å²) < 4.78 is 2.20. The van der Waals surface area contributed by atoms with Crippen molar-refractivity contribution in [3.05, 3.63) is 36.0 Å². The second-order valence-corrected chi connectivity index (χ2v) is 6.89. The standard InChI is InChI=1S/C19H25N3O2/c1-13(23)11-21-9-7-15(8-10-21)14(2)22-12-17(19(20)24)16-5-3-4-6-18(16)22/h3-6,12,14-15H,7-11H2,1-2H3,(H2,20,24). The number of nitrogens with zero attached hydrogens (tertiary/aromatic N) is 2. The van der Waals surface area contributed by atoms with Gasteiger partial charge in [0.15, 0.2) is 0 Å². The van der Waals surface area contributed by atoms with Crippen molar-refractivity contribution < 1.29 is 9.59 Å². The molecule has 1 saturated heterocycles. The number of para-hydroxylation sites is 1. The number of Topliss-reactive ketones (excluding diaryl/α,β-unsaturated/α-hetero) is 1. The van der Waals surface area contributed by atoms with E-state index < -0.39 is 0 Å². The first-order valence-electron chi connectivity index (χ1n) is 8.58. The first-order valence-corrected chi connectivity index (χ1v) is 8.58. The van der Waals surface area contributed by atoms with E-state index in [2.05, 4.69) is 16.4 Å². The highest BCUT2D eigenvalue weighted by atomic mass is 16.1. The van der Waals surface area contributed by atoms with E-state index in [0.717, 1.165) is 36.8 Å². The van der Waals surface area contributed by atoms with E-state index in [1.807, 2.05) is 30.5 Å². The molecular weight excluding hydrogens is 302 g/mol. The molecule has 0 radical (unpaired) electrons. The zero-order valence-electron chi connectivity index (χ0n) is 14.4. The average Bonchev–Trinajstić information content (AvgIpc) is 2.94. The van der Waals surface area contributed by atoms with Gasteiger partial charge in [0, 0.05) is 23.1 Å². The number of hydrogen-bond donors (Lipinski definition) is 1. The number of benzene rings is 1. The van der Waals surface area contributed by atoms with Crippen molar-refractivity contribution in [2.24, 2.45) is 11.7 Å². The molecule has 5 nitrogen and oxygen atoms in total. The van der Waals surface area contributed by atoms with Crippen LogP contribution in [0.2, 0.25) is 0 Å². The minimum atomic E-state index is -0.381. The van der Waals surface area contributed by atoms with Gasteiger partial charge in [-0.25, -0.2) is 0 Å². The molecule has 1 aromatic carbocycles. The van der Waals surface area contributed by atoms with Gasteiger partial charge in [0.2, 0.25) is 0 Å². The van der Waals surface area contributed by atoms with Crippen LogP contribution in [0, 0.1) is 5.92 Å². The number of piperidine rings is 1. The lowest BCUT2D eigenvalue weighted by atomic mass is 9.90. The maximum absolute atomic E-state index is 11.7. The van der Waals surface area contributed by atoms with Crippen molar-refractivity contribution in [1.29, 1.82) is 0 Å². The number of carbonyl (C=O) groups is 2. The Balaban J connectivity index is 1.81. The van der Waals surface area contributed by atoms with Crippen LogP contribution in [0.4, 0.5) is 0 Å². The molecule has 0 saturated carbocycles. The van der Waals surface area contributed by atoms with E-state index in [-0.39, 0.29) is 11.7 Å². The highest BCUT2D eigenvalue weighted by Crippen LogP contribution is 2.33. The van der Waals surface area contributed by atoms with Crippen LogP contribution in [0.5, 0.6) is 0 Å². The van der Waals surface area contributed by atoms with Crippen molar-refractivity contribution >= 4 is 22.6 Å². The van der Waals surface area contributed by atoms with Crippen LogP contribution in [0.25, 0.3) is 10.9 Å². The lowest BCUT2D eigenvalue weighted by Gasteiger charge is -2.35. The molecule has 0 spiro atoms. The second kappa shape index (κ2) is 6.77. The third-order valence-electron chi connectivity index (χ3n) is 5.21. The van der Waals surface area contributed by atoms with Gasteiger partial charge in [0.05, 0.1) is 12.1 Å². The van der Waals surface area contributed by atoms with Crippen LogP contribution in [0.15, 0.2) is 30.5 Å². The molecule has 2 aromatic rings. The molecule has 1 atom stereocenters. The summed E-state index contributed by atoms with van der Waals surface area (Å²) in [5.74, 6) is 0.377. The van der Waals surface area contributed by atoms with Gasteiger partial charge in [-0.15, -0.1) is 0 Å². The van der Waals surface area contributed by atoms with Crippen LogP contribution in [-0.2, 0) is 4.79 Å². The van der Waals surface area contributed by atoms with Crippen molar-refractivity contribution in [1.82, 2.24) is 9.47 Å². The smallest absolute Gasteiger partial charge is 0.250 e. The zero-order valence-corrected chi connectivity index (χ0v) is 14.4. The molecule has 1 amide bonds. The van der Waals surface area contributed by atoms with E-state index in [1.165, 1.54) is 0 Å². The summed E-state index contributed by atoms with van der Waals surface area (Å²) >= 11 is 0. The molecule has 0 bridgehead atoms. The number of rotatable bonds is 5. The Bertz CT molecular complexity index is 757. The number of likely N-dealkylation sites (tertiary alicyclic amines) is 1. The summed E-state index contributed by atoms with van der Waals surface area (Å²) in [5, 5.41) is 0.922. The van der Waals surface area contributed by atoms with Crippen LogP contribution < -0.4 is 5.73 Å². The third-order valence-corrected chi connectivity index (χ3v) is 5.21. The number of carbonyl (C=O) groups excluding carboxylic acids is 2. The molecule has 2 N–H and O–H groups in total. The average molecular weight is 327 g/mol. The summed E-state index contributed by atoms with van der Waals surface area (Å²) in [5.41, 5.74) is 7.19. The maximum atomic E-state index is 11.7. The van der Waals surface area contributed by atoms with Crippen LogP contribution >= 0.6 is 0 Å². The van der Waals surface area contributed by atoms with Gasteiger partial charge in [-0.2, -0.15) is 0 Å². The molecule has 24 heavy (non-hydrogen) atoms. The van der Waals surface area contributed by atoms with Gasteiger partial charge in [0.25, 0.3) is 5.91 Å². The minimum Gasteiger partial charge on any atom is -0.366 e. The van der Waals surface area contributed by atoms with E-state index in [4.69, 9.17) is 5.73 Å². The predicted octanol–water partition coefficient (Wildman–Crippen LogP) is 2.60. The van der Waals surface area contributed by atoms with Crippen molar-refractivity contribution in [3.63, 3.8) is 0 Å². The summed E-state index contributed by atoms with van der Waals surface area (Å²) in [7, 11) is 0. The maximum Gasteiger partial charge on any atom is 0.250 e. The molecule has 128 valence electrons. The summed E-state index contributed by atoms with van der Waals surface area (Å²) in [6.07, 6.45) is 4.03. The summed E-state index contributed by atoms with van der Waals surface area (Å²) in [4.78, 5) is 25.2. The number of fused-ring (bicyclic) bond motifs is 1. The van der Waals surface area contributed by atoms with Gasteiger partial charge < -0.3 is 10.3 Å². The van der Waals surface area contributed by atoms with Gasteiger partial charge in [-0.05, 0) is 51.8 Å². The molecule has 5 heteroatoms. The van der Waals surface area contributed by atoms with E-state index in [0.29, 0.717) is 24.1 Å². The third kappa shape index (κ3) is 3.22. The Morgan fingerprint density at radius 3 is 2.54 bits per heavy atom. The summed E-state index contributed by atoms with van der Waals surface area (Å²) in [6.45, 7) is 6.32. The predicted molar refractivity (Wildman–Crippen MR) is 95.0 cm³/mol. The van der Waals surface area contributed by atoms with Gasteiger partial charge in [-0.1, -0.05) is 18.2 Å². The molecular formula is C19H25N3O2. The molecule has 1 aliphatic rings. The Morgan fingerprint density at radius 1 is 1.25 bits per heavy atom. The van der Waals surface area contributed by atoms with Gasteiger partial charge in [0.1, 0.15) is 5.78 Å². The number of ketones is 1. The van der Waals surface area contributed by atoms with Crippen molar-refractivity contribution in [3.8, 4) is 0 Å². The Hall–Kier alpha value is -2.14. The van der Waals surface area contributed by atoms with Crippen molar-refractivity contribution in [2.45, 2.75) is 32.7 Å². The normalized spacial score (nSPS) is 17.9.